The van der Waals surface area contributed by atoms with Gasteiger partial charge in [0.1, 0.15) is 0 Å². The van der Waals surface area contributed by atoms with Crippen molar-refractivity contribution in [3.05, 3.63) is 15.6 Å². The number of hydrogen-bond donors (Lipinski definition) is 1. The highest BCUT2D eigenvalue weighted by Gasteiger charge is 2.37. The quantitative estimate of drug-likeness (QED) is 0.895. The van der Waals surface area contributed by atoms with Crippen molar-refractivity contribution in [2.75, 3.05) is 19.6 Å². The van der Waals surface area contributed by atoms with E-state index in [1.807, 2.05) is 0 Å². The second-order valence-corrected chi connectivity index (χ2v) is 7.69. The molecule has 124 valence electrons. The topological polar surface area (TPSA) is 28.2 Å². The third-order valence-corrected chi connectivity index (χ3v) is 5.38. The van der Waals surface area contributed by atoms with Crippen LogP contribution in [0.2, 0.25) is 0 Å². The van der Waals surface area contributed by atoms with Gasteiger partial charge in [-0.2, -0.15) is 13.2 Å². The van der Waals surface area contributed by atoms with Crippen molar-refractivity contribution in [3.63, 3.8) is 0 Å². The van der Waals surface area contributed by atoms with E-state index in [9.17, 15) is 13.2 Å². The van der Waals surface area contributed by atoms with E-state index in [2.05, 4.69) is 15.2 Å². The van der Waals surface area contributed by atoms with Crippen molar-refractivity contribution < 1.29 is 13.2 Å². The first kappa shape index (κ1) is 16.2. The van der Waals surface area contributed by atoms with Crippen LogP contribution in [0.5, 0.6) is 0 Å². The molecule has 1 aromatic heterocycles. The van der Waals surface area contributed by atoms with Gasteiger partial charge in [0.05, 0.1) is 9.88 Å². The van der Waals surface area contributed by atoms with E-state index in [1.165, 1.54) is 24.2 Å². The molecule has 7 heteroatoms. The predicted octanol–water partition coefficient (Wildman–Crippen LogP) is 3.43. The molecule has 0 atom stereocenters. The first-order chi connectivity index (χ1) is 10.4. The van der Waals surface area contributed by atoms with Gasteiger partial charge in [-0.25, -0.2) is 4.98 Å². The van der Waals surface area contributed by atoms with E-state index in [4.69, 9.17) is 0 Å². The first-order valence-corrected chi connectivity index (χ1v) is 8.72. The Morgan fingerprint density at radius 1 is 1.23 bits per heavy atom. The number of alkyl halides is 3. The number of rotatable bonds is 5. The van der Waals surface area contributed by atoms with Gasteiger partial charge < -0.3 is 5.32 Å². The van der Waals surface area contributed by atoms with Gasteiger partial charge in [0.2, 0.25) is 0 Å². The molecule has 2 fully saturated rings. The molecule has 0 radical (unpaired) electrons. The van der Waals surface area contributed by atoms with Crippen LogP contribution >= 0.6 is 11.3 Å². The summed E-state index contributed by atoms with van der Waals surface area (Å²) in [7, 11) is 0. The number of aryl methyl sites for hydroxylation is 1. The summed E-state index contributed by atoms with van der Waals surface area (Å²) in [6.45, 7) is 4.83. The first-order valence-electron chi connectivity index (χ1n) is 7.91. The molecule has 0 amide bonds. The smallest absolute Gasteiger partial charge is 0.314 e. The van der Waals surface area contributed by atoms with Gasteiger partial charge in [0, 0.05) is 25.7 Å². The lowest BCUT2D eigenvalue weighted by Crippen LogP contribution is -2.42. The lowest BCUT2D eigenvalue weighted by molar-refractivity contribution is -0.141. The van der Waals surface area contributed by atoms with Gasteiger partial charge in [-0.1, -0.05) is 0 Å². The van der Waals surface area contributed by atoms with Crippen LogP contribution in [0, 0.1) is 12.8 Å². The second kappa shape index (κ2) is 6.45. The largest absolute Gasteiger partial charge is 0.434 e. The van der Waals surface area contributed by atoms with Crippen LogP contribution in [0.4, 0.5) is 13.2 Å². The van der Waals surface area contributed by atoms with Gasteiger partial charge in [0.15, 0.2) is 5.69 Å². The van der Waals surface area contributed by atoms with E-state index in [0.717, 1.165) is 38.4 Å². The fourth-order valence-electron chi connectivity index (χ4n) is 2.95. The van der Waals surface area contributed by atoms with Crippen molar-refractivity contribution in [1.82, 2.24) is 15.2 Å². The van der Waals surface area contributed by atoms with E-state index in [0.29, 0.717) is 22.5 Å². The molecule has 2 heterocycles. The third-order valence-electron chi connectivity index (χ3n) is 4.42. The molecular formula is C15H22F3N3S. The third kappa shape index (κ3) is 4.20. The molecule has 0 bridgehead atoms. The van der Waals surface area contributed by atoms with Crippen LogP contribution < -0.4 is 5.32 Å². The molecule has 1 aliphatic carbocycles. The van der Waals surface area contributed by atoms with Crippen molar-refractivity contribution in [1.29, 1.82) is 0 Å². The number of thiazole rings is 1. The molecule has 2 aliphatic rings. The van der Waals surface area contributed by atoms with E-state index in [-0.39, 0.29) is 0 Å². The van der Waals surface area contributed by atoms with E-state index >= 15 is 0 Å². The van der Waals surface area contributed by atoms with Crippen molar-refractivity contribution >= 4 is 11.3 Å². The molecule has 3 nitrogen and oxygen atoms in total. The normalized spacial score (nSPS) is 21.5. The summed E-state index contributed by atoms with van der Waals surface area (Å²) in [6.07, 6.45) is 0.384. The van der Waals surface area contributed by atoms with Gasteiger partial charge in [-0.3, -0.25) is 4.90 Å². The molecule has 1 saturated carbocycles. The number of piperidine rings is 1. The zero-order valence-electron chi connectivity index (χ0n) is 12.7. The molecular weight excluding hydrogens is 311 g/mol. The standard InChI is InChI=1S/C15H22F3N3S/c1-10-20-14(15(16,17)18)13(22-10)9-21-6-4-12(5-7-21)19-8-11-2-3-11/h11-12,19H,2-9H2,1H3. The fraction of sp³-hybridized carbons (Fsp3) is 0.800. The minimum absolute atomic E-state index is 0.356. The zero-order valence-corrected chi connectivity index (χ0v) is 13.6. The molecule has 0 aromatic carbocycles. The monoisotopic (exact) mass is 333 g/mol. The molecule has 3 rings (SSSR count). The molecule has 1 aromatic rings. The van der Waals surface area contributed by atoms with Gasteiger partial charge in [0.25, 0.3) is 0 Å². The summed E-state index contributed by atoms with van der Waals surface area (Å²) in [5.74, 6) is 0.868. The minimum atomic E-state index is -4.34. The summed E-state index contributed by atoms with van der Waals surface area (Å²) in [5, 5.41) is 4.08. The predicted molar refractivity (Wildman–Crippen MR) is 80.9 cm³/mol. The lowest BCUT2D eigenvalue weighted by Gasteiger charge is -2.32. The van der Waals surface area contributed by atoms with Crippen molar-refractivity contribution in [2.45, 2.75) is 51.4 Å². The Morgan fingerprint density at radius 2 is 1.91 bits per heavy atom. The number of likely N-dealkylation sites (tertiary alicyclic amines) is 1. The van der Waals surface area contributed by atoms with E-state index in [1.54, 1.807) is 6.92 Å². The number of hydrogen-bond acceptors (Lipinski definition) is 4. The maximum Gasteiger partial charge on any atom is 0.434 e. The number of halogens is 3. The van der Waals surface area contributed by atoms with Crippen LogP contribution in [0.1, 0.15) is 41.3 Å². The van der Waals surface area contributed by atoms with Crippen LogP contribution in [0.25, 0.3) is 0 Å². The Labute approximate surface area is 132 Å². The SMILES string of the molecule is Cc1nc(C(F)(F)F)c(CN2CCC(NCC3CC3)CC2)s1. The Morgan fingerprint density at radius 3 is 2.50 bits per heavy atom. The summed E-state index contributed by atoms with van der Waals surface area (Å²) in [5.41, 5.74) is -0.691. The zero-order chi connectivity index (χ0) is 15.7. The van der Waals surface area contributed by atoms with Crippen LogP contribution in [0.15, 0.2) is 0 Å². The van der Waals surface area contributed by atoms with Crippen molar-refractivity contribution in [2.24, 2.45) is 5.92 Å². The average Bonchev–Trinajstić information content (AvgIpc) is 3.20. The van der Waals surface area contributed by atoms with Crippen molar-refractivity contribution in [3.8, 4) is 0 Å². The van der Waals surface area contributed by atoms with Gasteiger partial charge in [-0.05, 0) is 45.1 Å². The Hall–Kier alpha value is -0.660. The number of nitrogens with zero attached hydrogens (tertiary/aromatic N) is 2. The maximum atomic E-state index is 13.0. The van der Waals surface area contributed by atoms with E-state index < -0.39 is 11.9 Å². The molecule has 1 N–H and O–H groups in total. The summed E-state index contributed by atoms with van der Waals surface area (Å²) >= 11 is 1.17. The molecule has 1 saturated heterocycles. The highest BCUT2D eigenvalue weighted by molar-refractivity contribution is 7.11. The highest BCUT2D eigenvalue weighted by atomic mass is 32.1. The van der Waals surface area contributed by atoms with Gasteiger partial charge >= 0.3 is 6.18 Å². The Bertz CT molecular complexity index is 503. The second-order valence-electron chi connectivity index (χ2n) is 6.40. The number of nitrogens with one attached hydrogen (secondary N) is 1. The Balaban J connectivity index is 1.52. The van der Waals surface area contributed by atoms with Crippen LogP contribution in [-0.4, -0.2) is 35.6 Å². The molecule has 1 aliphatic heterocycles. The van der Waals surface area contributed by atoms with Crippen LogP contribution in [0.3, 0.4) is 0 Å². The molecule has 0 spiro atoms. The molecule has 0 unspecified atom stereocenters. The number of aromatic nitrogens is 1. The van der Waals surface area contributed by atoms with Crippen LogP contribution in [-0.2, 0) is 12.7 Å². The minimum Gasteiger partial charge on any atom is -0.314 e. The molecule has 22 heavy (non-hydrogen) atoms. The summed E-state index contributed by atoms with van der Waals surface area (Å²) in [4.78, 5) is 6.15. The fourth-order valence-corrected chi connectivity index (χ4v) is 3.95. The Kier molecular flexibility index (Phi) is 4.75. The average molecular weight is 333 g/mol. The summed E-state index contributed by atoms with van der Waals surface area (Å²) < 4.78 is 38.9. The highest BCUT2D eigenvalue weighted by Crippen LogP contribution is 2.35. The van der Waals surface area contributed by atoms with Gasteiger partial charge in [-0.15, -0.1) is 11.3 Å². The maximum absolute atomic E-state index is 13.0. The summed E-state index contributed by atoms with van der Waals surface area (Å²) in [6, 6.07) is 0.530. The lowest BCUT2D eigenvalue weighted by atomic mass is 10.0.